The number of aldehydes is 1. The van der Waals surface area contributed by atoms with Crippen LogP contribution in [0.2, 0.25) is 0 Å². The van der Waals surface area contributed by atoms with Crippen LogP contribution in [0.3, 0.4) is 0 Å². The topological polar surface area (TPSA) is 49.0 Å². The normalized spacial score (nSPS) is 12.9. The maximum atomic E-state index is 11.1. The summed E-state index contributed by atoms with van der Waals surface area (Å²) in [5, 5.41) is 0. The molecule has 0 aliphatic rings. The highest BCUT2D eigenvalue weighted by molar-refractivity contribution is 5.79. The van der Waals surface area contributed by atoms with Gasteiger partial charge in [-0.1, -0.05) is 26.0 Å². The first-order chi connectivity index (χ1) is 9.81. The van der Waals surface area contributed by atoms with Crippen molar-refractivity contribution in [1.29, 1.82) is 0 Å². The summed E-state index contributed by atoms with van der Waals surface area (Å²) in [6.07, 6.45) is 5.44. The predicted molar refractivity (Wildman–Crippen MR) is 81.7 cm³/mol. The second-order valence-electron chi connectivity index (χ2n) is 5.10. The van der Waals surface area contributed by atoms with Crippen LogP contribution in [0.4, 0.5) is 0 Å². The predicted octanol–water partition coefficient (Wildman–Crippen LogP) is 3.32. The molecule has 108 valence electrons. The maximum Gasteiger partial charge on any atom is 0.121 e. The summed E-state index contributed by atoms with van der Waals surface area (Å²) >= 11 is 0. The van der Waals surface area contributed by atoms with Gasteiger partial charge in [-0.05, 0) is 37.6 Å². The number of para-hydroxylation sites is 1. The van der Waals surface area contributed by atoms with Gasteiger partial charge in [-0.15, -0.1) is 0 Å². The number of rotatable bonds is 8. The molecule has 0 bridgehead atoms. The van der Waals surface area contributed by atoms with Crippen LogP contribution in [0.5, 0.6) is 0 Å². The zero-order valence-electron chi connectivity index (χ0n) is 12.3. The van der Waals surface area contributed by atoms with Crippen LogP contribution < -0.4 is 0 Å². The molecule has 4 nitrogen and oxygen atoms in total. The minimum absolute atomic E-state index is 0.124. The van der Waals surface area contributed by atoms with Gasteiger partial charge >= 0.3 is 0 Å². The highest BCUT2D eigenvalue weighted by Gasteiger charge is 2.21. The van der Waals surface area contributed by atoms with Crippen molar-refractivity contribution in [2.45, 2.75) is 39.2 Å². The zero-order chi connectivity index (χ0) is 14.4. The summed E-state index contributed by atoms with van der Waals surface area (Å²) in [6, 6.07) is 6.27. The van der Waals surface area contributed by atoms with Crippen molar-refractivity contribution in [3.63, 3.8) is 0 Å². The van der Waals surface area contributed by atoms with E-state index in [1.807, 2.05) is 12.1 Å². The molecule has 1 N–H and O–H groups in total. The van der Waals surface area contributed by atoms with Crippen LogP contribution in [0.15, 0.2) is 24.5 Å². The highest BCUT2D eigenvalue weighted by atomic mass is 16.1. The summed E-state index contributed by atoms with van der Waals surface area (Å²) in [5.41, 5.74) is 3.17. The van der Waals surface area contributed by atoms with Crippen LogP contribution in [-0.4, -0.2) is 34.2 Å². The van der Waals surface area contributed by atoms with Crippen LogP contribution in [0, 0.1) is 0 Å². The summed E-state index contributed by atoms with van der Waals surface area (Å²) in [7, 11) is 0. The fourth-order valence-corrected chi connectivity index (χ4v) is 2.82. The van der Waals surface area contributed by atoms with Gasteiger partial charge in [0.1, 0.15) is 6.29 Å². The monoisotopic (exact) mass is 273 g/mol. The number of hydrogen-bond donors (Lipinski definition) is 1. The first kappa shape index (κ1) is 14.7. The number of hydrogen-bond acceptors (Lipinski definition) is 3. The van der Waals surface area contributed by atoms with Crippen molar-refractivity contribution in [2.24, 2.45) is 0 Å². The maximum absolute atomic E-state index is 11.1. The van der Waals surface area contributed by atoms with Gasteiger partial charge in [-0.2, -0.15) is 0 Å². The van der Waals surface area contributed by atoms with Crippen molar-refractivity contribution >= 4 is 17.3 Å². The van der Waals surface area contributed by atoms with E-state index in [0.29, 0.717) is 6.42 Å². The Labute approximate surface area is 120 Å². The summed E-state index contributed by atoms with van der Waals surface area (Å²) < 4.78 is 0. The third kappa shape index (κ3) is 3.07. The summed E-state index contributed by atoms with van der Waals surface area (Å²) in [6.45, 7) is 6.37. The fourth-order valence-electron chi connectivity index (χ4n) is 2.82. The van der Waals surface area contributed by atoms with Crippen molar-refractivity contribution in [1.82, 2.24) is 14.9 Å². The molecule has 0 saturated heterocycles. The van der Waals surface area contributed by atoms with Crippen molar-refractivity contribution in [3.05, 3.63) is 30.1 Å². The Bertz CT molecular complexity index is 543. The Morgan fingerprint density at radius 2 is 2.05 bits per heavy atom. The van der Waals surface area contributed by atoms with Gasteiger partial charge in [0.25, 0.3) is 0 Å². The zero-order valence-corrected chi connectivity index (χ0v) is 12.3. The standard InChI is InChI=1S/C16H23N3O/c1-3-9-19(10-4-2)15(8-11-20)13-6-5-7-14-16(13)18-12-17-14/h5-7,11-12,15H,3-4,8-10H2,1-2H3,(H,17,18). The van der Waals surface area contributed by atoms with Crippen LogP contribution in [0.1, 0.15) is 44.7 Å². The lowest BCUT2D eigenvalue weighted by Crippen LogP contribution is -2.31. The molecule has 1 atom stereocenters. The Morgan fingerprint density at radius 1 is 1.30 bits per heavy atom. The Balaban J connectivity index is 2.40. The van der Waals surface area contributed by atoms with E-state index in [1.165, 1.54) is 0 Å². The number of benzene rings is 1. The molecular weight excluding hydrogens is 250 g/mol. The number of H-pyrrole nitrogens is 1. The minimum atomic E-state index is 0.124. The molecule has 1 heterocycles. The molecule has 0 aliphatic heterocycles. The third-order valence-corrected chi connectivity index (χ3v) is 3.62. The second kappa shape index (κ2) is 7.20. The van der Waals surface area contributed by atoms with Gasteiger partial charge in [0.2, 0.25) is 0 Å². The van der Waals surface area contributed by atoms with Crippen molar-refractivity contribution in [3.8, 4) is 0 Å². The average molecular weight is 273 g/mol. The smallest absolute Gasteiger partial charge is 0.121 e. The van der Waals surface area contributed by atoms with E-state index in [9.17, 15) is 4.79 Å². The number of aromatic amines is 1. The molecule has 1 unspecified atom stereocenters. The van der Waals surface area contributed by atoms with Crippen molar-refractivity contribution < 1.29 is 4.79 Å². The molecule has 0 aliphatic carbocycles. The number of fused-ring (bicyclic) bond motifs is 1. The Kier molecular flexibility index (Phi) is 5.30. The van der Waals surface area contributed by atoms with Gasteiger partial charge in [0, 0.05) is 12.5 Å². The molecule has 1 aromatic heterocycles. The number of imidazole rings is 1. The summed E-state index contributed by atoms with van der Waals surface area (Å²) in [4.78, 5) is 21.1. The van der Waals surface area contributed by atoms with Crippen LogP contribution in [-0.2, 0) is 4.79 Å². The van der Waals surface area contributed by atoms with Crippen molar-refractivity contribution in [2.75, 3.05) is 13.1 Å². The lowest BCUT2D eigenvalue weighted by Gasteiger charge is -2.30. The molecule has 20 heavy (non-hydrogen) atoms. The number of aromatic nitrogens is 2. The van der Waals surface area contributed by atoms with E-state index in [0.717, 1.165) is 48.8 Å². The first-order valence-corrected chi connectivity index (χ1v) is 7.41. The Hall–Kier alpha value is -1.68. The molecule has 0 fully saturated rings. The van der Waals surface area contributed by atoms with Gasteiger partial charge < -0.3 is 9.78 Å². The molecule has 4 heteroatoms. The number of carbonyl (C=O) groups excluding carboxylic acids is 1. The quantitative estimate of drug-likeness (QED) is 0.751. The summed E-state index contributed by atoms with van der Waals surface area (Å²) in [5.74, 6) is 0. The van der Waals surface area contributed by atoms with Gasteiger partial charge in [-0.3, -0.25) is 4.90 Å². The van der Waals surface area contributed by atoms with Gasteiger partial charge in [0.05, 0.1) is 17.4 Å². The molecule has 0 radical (unpaired) electrons. The highest BCUT2D eigenvalue weighted by Crippen LogP contribution is 2.29. The SMILES string of the molecule is CCCN(CCC)C(CC=O)c1cccc2[nH]cnc12. The van der Waals surface area contributed by atoms with E-state index in [4.69, 9.17) is 0 Å². The number of nitrogens with one attached hydrogen (secondary N) is 1. The minimum Gasteiger partial charge on any atom is -0.345 e. The number of nitrogens with zero attached hydrogens (tertiary/aromatic N) is 2. The number of carbonyl (C=O) groups is 1. The lowest BCUT2D eigenvalue weighted by atomic mass is 10.00. The van der Waals surface area contributed by atoms with E-state index in [1.54, 1.807) is 6.33 Å². The second-order valence-corrected chi connectivity index (χ2v) is 5.10. The van der Waals surface area contributed by atoms with Gasteiger partial charge in [0.15, 0.2) is 0 Å². The molecule has 2 aromatic rings. The molecule has 2 rings (SSSR count). The average Bonchev–Trinajstić information content (AvgIpc) is 2.93. The molecular formula is C16H23N3O. The molecule has 0 saturated carbocycles. The third-order valence-electron chi connectivity index (χ3n) is 3.62. The molecule has 1 aromatic carbocycles. The van der Waals surface area contributed by atoms with Gasteiger partial charge in [-0.25, -0.2) is 4.98 Å². The Morgan fingerprint density at radius 3 is 2.70 bits per heavy atom. The fraction of sp³-hybridized carbons (Fsp3) is 0.500. The van der Waals surface area contributed by atoms with Crippen LogP contribution in [0.25, 0.3) is 11.0 Å². The molecule has 0 amide bonds. The van der Waals surface area contributed by atoms with E-state index in [-0.39, 0.29) is 6.04 Å². The van der Waals surface area contributed by atoms with E-state index >= 15 is 0 Å². The van der Waals surface area contributed by atoms with E-state index < -0.39 is 0 Å². The molecule has 0 spiro atoms. The van der Waals surface area contributed by atoms with E-state index in [2.05, 4.69) is 34.8 Å². The lowest BCUT2D eigenvalue weighted by molar-refractivity contribution is -0.109. The largest absolute Gasteiger partial charge is 0.345 e. The first-order valence-electron chi connectivity index (χ1n) is 7.41. The van der Waals surface area contributed by atoms with Crippen LogP contribution >= 0.6 is 0 Å².